The fraction of sp³-hybridized carbons (Fsp3) is 0. The molecule has 0 saturated carbocycles. The predicted octanol–water partition coefficient (Wildman–Crippen LogP) is 3.91. The summed E-state index contributed by atoms with van der Waals surface area (Å²) in [4.78, 5) is 24.5. The number of aliphatic imine (C=N–C) groups is 1. The third-order valence-corrected chi connectivity index (χ3v) is 2.93. The van der Waals surface area contributed by atoms with Crippen LogP contribution in [0.15, 0.2) is 47.5 Å². The molecule has 0 aromatic heterocycles. The van der Waals surface area contributed by atoms with E-state index >= 15 is 0 Å². The number of rotatable bonds is 4. The first-order valence-electron chi connectivity index (χ1n) is 5.70. The summed E-state index contributed by atoms with van der Waals surface area (Å²) in [5.41, 5.74) is 0.225. The highest BCUT2D eigenvalue weighted by Gasteiger charge is 2.13. The van der Waals surface area contributed by atoms with Gasteiger partial charge in [0, 0.05) is 18.3 Å². The highest BCUT2D eigenvalue weighted by Crippen LogP contribution is 2.29. The van der Waals surface area contributed by atoms with Crippen molar-refractivity contribution in [2.24, 2.45) is 4.99 Å². The molecule has 0 saturated heterocycles. The quantitative estimate of drug-likeness (QED) is 0.485. The second-order valence-electron chi connectivity index (χ2n) is 3.97. The van der Waals surface area contributed by atoms with Gasteiger partial charge in [0.1, 0.15) is 5.02 Å². The SMILES string of the molecule is O=[N+]([O-])c1cc(N=Cc2ccccc2[N+](=O)[O-])ccc1Cl. The molecule has 106 valence electrons. The van der Waals surface area contributed by atoms with Gasteiger partial charge in [-0.25, -0.2) is 0 Å². The largest absolute Gasteiger partial charge is 0.290 e. The smallest absolute Gasteiger partial charge is 0.258 e. The maximum atomic E-state index is 10.9. The number of hydrogen-bond donors (Lipinski definition) is 0. The topological polar surface area (TPSA) is 98.6 Å². The zero-order valence-corrected chi connectivity index (χ0v) is 11.2. The molecule has 2 rings (SSSR count). The maximum Gasteiger partial charge on any atom is 0.290 e. The average Bonchev–Trinajstić information content (AvgIpc) is 2.46. The molecule has 8 heteroatoms. The lowest BCUT2D eigenvalue weighted by Gasteiger charge is -1.98. The zero-order chi connectivity index (χ0) is 15.4. The summed E-state index contributed by atoms with van der Waals surface area (Å²) >= 11 is 5.69. The minimum Gasteiger partial charge on any atom is -0.258 e. The molecule has 2 aromatic carbocycles. The Hall–Kier alpha value is -2.80. The van der Waals surface area contributed by atoms with E-state index in [1.54, 1.807) is 12.1 Å². The number of para-hydroxylation sites is 1. The van der Waals surface area contributed by atoms with Crippen molar-refractivity contribution in [3.63, 3.8) is 0 Å². The molecular formula is C13H8ClN3O4. The van der Waals surface area contributed by atoms with Crippen LogP contribution in [0.5, 0.6) is 0 Å². The van der Waals surface area contributed by atoms with Crippen LogP contribution < -0.4 is 0 Å². The van der Waals surface area contributed by atoms with Crippen molar-refractivity contribution >= 4 is 34.9 Å². The van der Waals surface area contributed by atoms with Gasteiger partial charge < -0.3 is 0 Å². The van der Waals surface area contributed by atoms with E-state index in [0.717, 1.165) is 0 Å². The fourth-order valence-corrected chi connectivity index (χ4v) is 1.81. The Morgan fingerprint density at radius 2 is 1.67 bits per heavy atom. The Balaban J connectivity index is 2.36. The molecule has 0 aliphatic carbocycles. The average molecular weight is 306 g/mol. The van der Waals surface area contributed by atoms with Gasteiger partial charge in [-0.05, 0) is 18.2 Å². The lowest BCUT2D eigenvalue weighted by molar-refractivity contribution is -0.385. The third-order valence-electron chi connectivity index (χ3n) is 2.61. The van der Waals surface area contributed by atoms with Crippen LogP contribution in [-0.4, -0.2) is 16.1 Å². The van der Waals surface area contributed by atoms with Crippen molar-refractivity contribution in [1.29, 1.82) is 0 Å². The number of halogens is 1. The standard InChI is InChI=1S/C13H8ClN3O4/c14-11-6-5-10(7-13(11)17(20)21)15-8-9-3-1-2-4-12(9)16(18)19/h1-8H. The molecule has 2 aromatic rings. The van der Waals surface area contributed by atoms with E-state index in [9.17, 15) is 20.2 Å². The molecule has 7 nitrogen and oxygen atoms in total. The van der Waals surface area contributed by atoms with Crippen molar-refractivity contribution < 1.29 is 9.85 Å². The van der Waals surface area contributed by atoms with Crippen molar-refractivity contribution in [3.8, 4) is 0 Å². The molecule has 0 amide bonds. The highest BCUT2D eigenvalue weighted by molar-refractivity contribution is 6.32. The Bertz CT molecular complexity index is 746. The van der Waals surface area contributed by atoms with E-state index in [1.807, 2.05) is 0 Å². The van der Waals surface area contributed by atoms with E-state index in [1.165, 1.54) is 36.5 Å². The van der Waals surface area contributed by atoms with Crippen molar-refractivity contribution in [1.82, 2.24) is 0 Å². The van der Waals surface area contributed by atoms with Gasteiger partial charge >= 0.3 is 0 Å². The molecule has 0 spiro atoms. The number of benzene rings is 2. The molecule has 0 radical (unpaired) electrons. The van der Waals surface area contributed by atoms with Crippen LogP contribution >= 0.6 is 11.6 Å². The molecule has 21 heavy (non-hydrogen) atoms. The monoisotopic (exact) mass is 305 g/mol. The summed E-state index contributed by atoms with van der Waals surface area (Å²) in [6.45, 7) is 0. The predicted molar refractivity (Wildman–Crippen MR) is 78.5 cm³/mol. The Morgan fingerprint density at radius 3 is 2.33 bits per heavy atom. The summed E-state index contributed by atoms with van der Waals surface area (Å²) in [5.74, 6) is 0. The van der Waals surface area contributed by atoms with Crippen LogP contribution in [0, 0.1) is 20.2 Å². The first-order valence-corrected chi connectivity index (χ1v) is 6.08. The second-order valence-corrected chi connectivity index (χ2v) is 4.37. The van der Waals surface area contributed by atoms with Crippen LogP contribution in [-0.2, 0) is 0 Å². The number of nitro benzene ring substituents is 2. The Labute approximate surface area is 123 Å². The summed E-state index contributed by atoms with van der Waals surface area (Å²) in [7, 11) is 0. The Kier molecular flexibility index (Phi) is 4.24. The summed E-state index contributed by atoms with van der Waals surface area (Å²) in [6, 6.07) is 10.1. The molecule has 0 N–H and O–H groups in total. The van der Waals surface area contributed by atoms with Crippen molar-refractivity contribution in [3.05, 3.63) is 73.3 Å². The first kappa shape index (κ1) is 14.6. The highest BCUT2D eigenvalue weighted by atomic mass is 35.5. The van der Waals surface area contributed by atoms with Crippen LogP contribution in [0.4, 0.5) is 17.1 Å². The van der Waals surface area contributed by atoms with E-state index in [-0.39, 0.29) is 22.1 Å². The van der Waals surface area contributed by atoms with Gasteiger partial charge in [0.05, 0.1) is 21.1 Å². The summed E-state index contributed by atoms with van der Waals surface area (Å²) in [6.07, 6.45) is 1.28. The van der Waals surface area contributed by atoms with E-state index in [4.69, 9.17) is 11.6 Å². The number of nitrogens with zero attached hydrogens (tertiary/aromatic N) is 3. The van der Waals surface area contributed by atoms with E-state index in [0.29, 0.717) is 5.56 Å². The van der Waals surface area contributed by atoms with Gasteiger partial charge in [0.15, 0.2) is 0 Å². The van der Waals surface area contributed by atoms with Crippen molar-refractivity contribution in [2.45, 2.75) is 0 Å². The van der Waals surface area contributed by atoms with Crippen LogP contribution in [0.2, 0.25) is 5.02 Å². The molecule has 0 fully saturated rings. The number of hydrogen-bond acceptors (Lipinski definition) is 5. The lowest BCUT2D eigenvalue weighted by atomic mass is 10.2. The van der Waals surface area contributed by atoms with Crippen LogP contribution in [0.3, 0.4) is 0 Å². The van der Waals surface area contributed by atoms with Gasteiger partial charge in [-0.15, -0.1) is 0 Å². The number of nitro groups is 2. The Morgan fingerprint density at radius 1 is 1.00 bits per heavy atom. The second kappa shape index (κ2) is 6.10. The minimum absolute atomic E-state index is 0.00430. The van der Waals surface area contributed by atoms with Gasteiger partial charge in [0.2, 0.25) is 0 Å². The fourth-order valence-electron chi connectivity index (χ4n) is 1.63. The molecule has 0 bridgehead atoms. The van der Waals surface area contributed by atoms with Gasteiger partial charge in [-0.1, -0.05) is 23.7 Å². The first-order chi connectivity index (χ1) is 9.99. The third kappa shape index (κ3) is 3.40. The van der Waals surface area contributed by atoms with Gasteiger partial charge in [-0.2, -0.15) is 0 Å². The van der Waals surface area contributed by atoms with Gasteiger partial charge in [0.25, 0.3) is 11.4 Å². The van der Waals surface area contributed by atoms with Crippen LogP contribution in [0.1, 0.15) is 5.56 Å². The maximum absolute atomic E-state index is 10.9. The molecule has 0 atom stereocenters. The summed E-state index contributed by atoms with van der Waals surface area (Å²) in [5, 5.41) is 21.6. The zero-order valence-electron chi connectivity index (χ0n) is 10.5. The lowest BCUT2D eigenvalue weighted by Crippen LogP contribution is -1.93. The molecular weight excluding hydrogens is 298 g/mol. The molecule has 0 aliphatic rings. The van der Waals surface area contributed by atoms with E-state index in [2.05, 4.69) is 4.99 Å². The van der Waals surface area contributed by atoms with Crippen molar-refractivity contribution in [2.75, 3.05) is 0 Å². The van der Waals surface area contributed by atoms with E-state index < -0.39 is 9.85 Å². The molecule has 0 heterocycles. The normalized spacial score (nSPS) is 10.7. The van der Waals surface area contributed by atoms with Gasteiger partial charge in [-0.3, -0.25) is 25.2 Å². The minimum atomic E-state index is -0.619. The van der Waals surface area contributed by atoms with Crippen LogP contribution in [0.25, 0.3) is 0 Å². The summed E-state index contributed by atoms with van der Waals surface area (Å²) < 4.78 is 0. The molecule has 0 aliphatic heterocycles. The molecule has 0 unspecified atom stereocenters.